The van der Waals surface area contributed by atoms with Crippen molar-refractivity contribution >= 4 is 27.8 Å². The third kappa shape index (κ3) is 5.02. The van der Waals surface area contributed by atoms with E-state index in [2.05, 4.69) is 197 Å². The van der Waals surface area contributed by atoms with E-state index in [9.17, 15) is 0 Å². The Bertz CT molecular complexity index is 2280. The van der Waals surface area contributed by atoms with Crippen LogP contribution in [-0.4, -0.2) is 0 Å². The van der Waals surface area contributed by atoms with E-state index in [0.29, 0.717) is 0 Å². The molecule has 1 nitrogen and oxygen atoms in total. The van der Waals surface area contributed by atoms with E-state index in [1.807, 2.05) is 0 Å². The van der Waals surface area contributed by atoms with E-state index in [1.165, 1.54) is 60.8 Å². The minimum atomic E-state index is -0.0460. The van der Waals surface area contributed by atoms with Crippen LogP contribution in [0, 0.1) is 0 Å². The second-order valence-corrected chi connectivity index (χ2v) is 14.7. The molecule has 0 atom stereocenters. The van der Waals surface area contributed by atoms with E-state index in [1.54, 1.807) is 0 Å². The molecule has 48 heavy (non-hydrogen) atoms. The second kappa shape index (κ2) is 11.4. The summed E-state index contributed by atoms with van der Waals surface area (Å²) in [6, 6.07) is 58.3. The van der Waals surface area contributed by atoms with Crippen LogP contribution in [0.5, 0.6) is 0 Å². The molecular weight excluding hydrogens is 579 g/mol. The molecule has 0 amide bonds. The fourth-order valence-corrected chi connectivity index (χ4v) is 7.62. The molecule has 234 valence electrons. The van der Waals surface area contributed by atoms with Crippen molar-refractivity contribution in [2.75, 3.05) is 4.90 Å². The van der Waals surface area contributed by atoms with Crippen molar-refractivity contribution in [3.63, 3.8) is 0 Å². The average molecular weight is 620 g/mol. The standard InChI is InChI=1S/C47H41N/c1-46(2,3)36-23-25-37(26-24-36)48(38-27-28-43-41(31-38)40-20-11-12-21-42(40)47(43,4)5)44-29-22-33-16-9-10-19-39(33)45(44)35-18-13-17-34(30-35)32-14-7-6-8-15-32/h6-31H,1-5H3. The van der Waals surface area contributed by atoms with Gasteiger partial charge in [0.2, 0.25) is 0 Å². The molecule has 0 bridgehead atoms. The van der Waals surface area contributed by atoms with Gasteiger partial charge in [-0.05, 0) is 97.1 Å². The lowest BCUT2D eigenvalue weighted by molar-refractivity contribution is 0.590. The zero-order valence-corrected chi connectivity index (χ0v) is 28.5. The summed E-state index contributed by atoms with van der Waals surface area (Å²) in [7, 11) is 0. The molecule has 1 aliphatic carbocycles. The molecule has 0 aliphatic heterocycles. The summed E-state index contributed by atoms with van der Waals surface area (Å²) >= 11 is 0. The summed E-state index contributed by atoms with van der Waals surface area (Å²) in [6.07, 6.45) is 0. The highest BCUT2D eigenvalue weighted by Crippen LogP contribution is 2.52. The van der Waals surface area contributed by atoms with E-state index >= 15 is 0 Å². The van der Waals surface area contributed by atoms with Gasteiger partial charge in [-0.15, -0.1) is 0 Å². The highest BCUT2D eigenvalue weighted by atomic mass is 15.1. The largest absolute Gasteiger partial charge is 0.310 e. The van der Waals surface area contributed by atoms with E-state index in [0.717, 1.165) is 17.1 Å². The summed E-state index contributed by atoms with van der Waals surface area (Å²) in [6.45, 7) is 11.5. The summed E-state index contributed by atoms with van der Waals surface area (Å²) in [4.78, 5) is 2.47. The van der Waals surface area contributed by atoms with Crippen LogP contribution in [0.3, 0.4) is 0 Å². The van der Waals surface area contributed by atoms with Gasteiger partial charge in [-0.1, -0.05) is 156 Å². The Morgan fingerprint density at radius 3 is 1.92 bits per heavy atom. The van der Waals surface area contributed by atoms with Crippen molar-refractivity contribution in [3.8, 4) is 33.4 Å². The minimum absolute atomic E-state index is 0.0460. The Balaban J connectivity index is 1.39. The molecular formula is C47H41N. The van der Waals surface area contributed by atoms with E-state index in [4.69, 9.17) is 0 Å². The third-order valence-corrected chi connectivity index (χ3v) is 10.2. The molecule has 7 aromatic carbocycles. The number of nitrogens with zero attached hydrogens (tertiary/aromatic N) is 1. The van der Waals surface area contributed by atoms with Gasteiger partial charge in [0.25, 0.3) is 0 Å². The van der Waals surface area contributed by atoms with Crippen molar-refractivity contribution in [2.45, 2.75) is 45.4 Å². The Kier molecular flexibility index (Phi) is 7.11. The Morgan fingerprint density at radius 1 is 0.479 bits per heavy atom. The fourth-order valence-electron chi connectivity index (χ4n) is 7.62. The summed E-state index contributed by atoms with van der Waals surface area (Å²) in [5.74, 6) is 0. The predicted molar refractivity (Wildman–Crippen MR) is 206 cm³/mol. The maximum atomic E-state index is 2.47. The van der Waals surface area contributed by atoms with Gasteiger partial charge in [0.15, 0.2) is 0 Å². The van der Waals surface area contributed by atoms with Gasteiger partial charge in [0.05, 0.1) is 5.69 Å². The molecule has 0 heterocycles. The molecule has 1 heteroatoms. The summed E-state index contributed by atoms with van der Waals surface area (Å²) < 4.78 is 0. The number of anilines is 3. The second-order valence-electron chi connectivity index (χ2n) is 14.7. The normalized spacial score (nSPS) is 13.3. The molecule has 0 fully saturated rings. The fraction of sp³-hybridized carbons (Fsp3) is 0.149. The van der Waals surface area contributed by atoms with Crippen LogP contribution >= 0.6 is 0 Å². The van der Waals surface area contributed by atoms with Gasteiger partial charge in [0.1, 0.15) is 0 Å². The first kappa shape index (κ1) is 30.0. The third-order valence-electron chi connectivity index (χ3n) is 10.2. The topological polar surface area (TPSA) is 3.24 Å². The molecule has 0 unspecified atom stereocenters. The number of hydrogen-bond donors (Lipinski definition) is 0. The monoisotopic (exact) mass is 619 g/mol. The lowest BCUT2D eigenvalue weighted by atomic mass is 9.82. The van der Waals surface area contributed by atoms with Crippen LogP contribution in [0.15, 0.2) is 158 Å². The van der Waals surface area contributed by atoms with Crippen molar-refractivity contribution < 1.29 is 0 Å². The van der Waals surface area contributed by atoms with Gasteiger partial charge >= 0.3 is 0 Å². The first-order chi connectivity index (χ1) is 23.2. The van der Waals surface area contributed by atoms with Crippen molar-refractivity contribution in [1.82, 2.24) is 0 Å². The van der Waals surface area contributed by atoms with Crippen molar-refractivity contribution in [3.05, 3.63) is 174 Å². The van der Waals surface area contributed by atoms with Crippen LogP contribution in [0.25, 0.3) is 44.2 Å². The van der Waals surface area contributed by atoms with Gasteiger partial charge in [0, 0.05) is 22.4 Å². The molecule has 0 spiro atoms. The summed E-state index contributed by atoms with van der Waals surface area (Å²) in [5.41, 5.74) is 15.1. The highest BCUT2D eigenvalue weighted by molar-refractivity contribution is 6.06. The van der Waals surface area contributed by atoms with E-state index in [-0.39, 0.29) is 10.8 Å². The van der Waals surface area contributed by atoms with Crippen LogP contribution in [0.2, 0.25) is 0 Å². The number of benzene rings is 7. The van der Waals surface area contributed by atoms with Gasteiger partial charge in [-0.2, -0.15) is 0 Å². The molecule has 0 radical (unpaired) electrons. The highest BCUT2D eigenvalue weighted by Gasteiger charge is 2.35. The number of fused-ring (bicyclic) bond motifs is 4. The zero-order chi connectivity index (χ0) is 33.0. The van der Waals surface area contributed by atoms with Crippen molar-refractivity contribution in [1.29, 1.82) is 0 Å². The smallest absolute Gasteiger partial charge is 0.0546 e. The molecule has 0 aromatic heterocycles. The zero-order valence-electron chi connectivity index (χ0n) is 28.5. The average Bonchev–Trinajstić information content (AvgIpc) is 3.34. The first-order valence-corrected chi connectivity index (χ1v) is 17.0. The van der Waals surface area contributed by atoms with Crippen molar-refractivity contribution in [2.24, 2.45) is 0 Å². The van der Waals surface area contributed by atoms with Gasteiger partial charge in [-0.3, -0.25) is 0 Å². The predicted octanol–water partition coefficient (Wildman–Crippen LogP) is 13.2. The van der Waals surface area contributed by atoms with Gasteiger partial charge < -0.3 is 4.90 Å². The summed E-state index contributed by atoms with van der Waals surface area (Å²) in [5, 5.41) is 2.47. The number of rotatable bonds is 5. The maximum absolute atomic E-state index is 2.47. The Morgan fingerprint density at radius 2 is 1.12 bits per heavy atom. The molecule has 8 rings (SSSR count). The molecule has 0 N–H and O–H groups in total. The Labute approximate surface area is 285 Å². The van der Waals surface area contributed by atoms with E-state index < -0.39 is 0 Å². The minimum Gasteiger partial charge on any atom is -0.310 e. The lowest BCUT2D eigenvalue weighted by Crippen LogP contribution is -2.16. The van der Waals surface area contributed by atoms with Crippen LogP contribution < -0.4 is 4.90 Å². The maximum Gasteiger partial charge on any atom is 0.0546 e. The van der Waals surface area contributed by atoms with Gasteiger partial charge in [-0.25, -0.2) is 0 Å². The lowest BCUT2D eigenvalue weighted by Gasteiger charge is -2.30. The molecule has 0 saturated carbocycles. The molecule has 0 saturated heterocycles. The molecule has 7 aromatic rings. The first-order valence-electron chi connectivity index (χ1n) is 17.0. The quantitative estimate of drug-likeness (QED) is 0.185. The Hall–Kier alpha value is -5.40. The SMILES string of the molecule is CC(C)(C)c1ccc(N(c2ccc3c(c2)-c2ccccc2C3(C)C)c2ccc3ccccc3c2-c2cccc(-c3ccccc3)c2)cc1. The van der Waals surface area contributed by atoms with Crippen LogP contribution in [-0.2, 0) is 10.8 Å². The molecule has 1 aliphatic rings. The van der Waals surface area contributed by atoms with Crippen LogP contribution in [0.4, 0.5) is 17.1 Å². The van der Waals surface area contributed by atoms with Crippen LogP contribution in [0.1, 0.15) is 51.3 Å². The number of hydrogen-bond acceptors (Lipinski definition) is 1.